The number of carbonyl (C=O) groups excluding carboxylic acids is 3. The van der Waals surface area contributed by atoms with Crippen LogP contribution in [0, 0.1) is 5.92 Å². The summed E-state index contributed by atoms with van der Waals surface area (Å²) in [5.74, 6) is -0.432. The van der Waals surface area contributed by atoms with Crippen LogP contribution in [0.3, 0.4) is 0 Å². The van der Waals surface area contributed by atoms with Crippen molar-refractivity contribution in [2.24, 2.45) is 5.92 Å². The third kappa shape index (κ3) is 5.30. The Labute approximate surface area is 193 Å². The van der Waals surface area contributed by atoms with E-state index in [4.69, 9.17) is 11.6 Å². The molecule has 4 rings (SSSR count). The maximum absolute atomic E-state index is 13.0. The Morgan fingerprint density at radius 2 is 1.62 bits per heavy atom. The topological polar surface area (TPSA) is 78.5 Å². The van der Waals surface area contributed by atoms with Gasteiger partial charge < -0.3 is 15.5 Å². The van der Waals surface area contributed by atoms with E-state index in [9.17, 15) is 14.4 Å². The largest absolute Gasteiger partial charge is 0.339 e. The number of rotatable bonds is 5. The molecule has 6 nitrogen and oxygen atoms in total. The van der Waals surface area contributed by atoms with Gasteiger partial charge in [0.15, 0.2) is 0 Å². The van der Waals surface area contributed by atoms with E-state index in [1.165, 1.54) is 6.42 Å². The second kappa shape index (κ2) is 10.2. The summed E-state index contributed by atoms with van der Waals surface area (Å²) in [6.45, 7) is 1.42. The van der Waals surface area contributed by atoms with Crippen molar-refractivity contribution in [3.63, 3.8) is 0 Å². The van der Waals surface area contributed by atoms with Gasteiger partial charge in [-0.3, -0.25) is 14.4 Å². The number of nitrogens with zero attached hydrogens (tertiary/aromatic N) is 1. The predicted molar refractivity (Wildman–Crippen MR) is 126 cm³/mol. The molecule has 7 heteroatoms. The number of carbonyl (C=O) groups is 3. The first-order valence-electron chi connectivity index (χ1n) is 11.3. The van der Waals surface area contributed by atoms with Gasteiger partial charge in [0.2, 0.25) is 5.91 Å². The molecule has 2 aromatic rings. The van der Waals surface area contributed by atoms with Crippen molar-refractivity contribution in [1.29, 1.82) is 0 Å². The van der Waals surface area contributed by atoms with Crippen LogP contribution in [0.1, 0.15) is 65.7 Å². The SMILES string of the molecule is O=C(Nc1ccc(Cl)cc1C(=O)N1CCCC1)c1cccc(NC(=O)C2CCCCC2)c1. The zero-order valence-electron chi connectivity index (χ0n) is 18.0. The zero-order valence-corrected chi connectivity index (χ0v) is 18.8. The van der Waals surface area contributed by atoms with Gasteiger partial charge in [0.05, 0.1) is 11.3 Å². The van der Waals surface area contributed by atoms with Crippen molar-refractivity contribution in [1.82, 2.24) is 4.90 Å². The average molecular weight is 454 g/mol. The number of benzene rings is 2. The Bertz CT molecular complexity index is 1010. The van der Waals surface area contributed by atoms with Gasteiger partial charge in [0.25, 0.3) is 11.8 Å². The molecule has 0 bridgehead atoms. The fourth-order valence-corrected chi connectivity index (χ4v) is 4.61. The molecule has 1 heterocycles. The lowest BCUT2D eigenvalue weighted by Gasteiger charge is -2.21. The minimum absolute atomic E-state index is 0.0125. The quantitative estimate of drug-likeness (QED) is 0.640. The lowest BCUT2D eigenvalue weighted by molar-refractivity contribution is -0.120. The molecule has 32 heavy (non-hydrogen) atoms. The molecule has 168 valence electrons. The number of amides is 3. The highest BCUT2D eigenvalue weighted by atomic mass is 35.5. The van der Waals surface area contributed by atoms with Gasteiger partial charge in [-0.1, -0.05) is 36.9 Å². The third-order valence-corrected chi connectivity index (χ3v) is 6.46. The standard InChI is InChI=1S/C25H28ClN3O3/c26-19-11-12-22(21(16-19)25(32)29-13-4-5-14-29)28-24(31)18-9-6-10-20(15-18)27-23(30)17-7-2-1-3-8-17/h6,9-12,15-17H,1-5,7-8,13-14H2,(H,27,30)(H,28,31). The van der Waals surface area contributed by atoms with Gasteiger partial charge in [0.1, 0.15) is 0 Å². The molecule has 0 aromatic heterocycles. The molecular formula is C25H28ClN3O3. The minimum atomic E-state index is -0.350. The zero-order chi connectivity index (χ0) is 22.5. The summed E-state index contributed by atoms with van der Waals surface area (Å²) in [5.41, 5.74) is 1.81. The first kappa shape index (κ1) is 22.3. The fourth-order valence-electron chi connectivity index (χ4n) is 4.43. The summed E-state index contributed by atoms with van der Waals surface area (Å²) in [7, 11) is 0. The lowest BCUT2D eigenvalue weighted by atomic mass is 9.88. The van der Waals surface area contributed by atoms with Crippen LogP contribution in [-0.4, -0.2) is 35.7 Å². The predicted octanol–water partition coefficient (Wildman–Crippen LogP) is 5.35. The summed E-state index contributed by atoms with van der Waals surface area (Å²) in [5, 5.41) is 6.23. The van der Waals surface area contributed by atoms with Crippen LogP contribution in [0.2, 0.25) is 5.02 Å². The molecule has 2 fully saturated rings. The molecule has 0 radical (unpaired) electrons. The highest BCUT2D eigenvalue weighted by Gasteiger charge is 2.24. The van der Waals surface area contributed by atoms with Crippen molar-refractivity contribution in [2.75, 3.05) is 23.7 Å². The summed E-state index contributed by atoms with van der Waals surface area (Å²) in [6, 6.07) is 11.8. The molecule has 2 aromatic carbocycles. The molecule has 3 amide bonds. The number of hydrogen-bond donors (Lipinski definition) is 2. The van der Waals surface area contributed by atoms with Crippen molar-refractivity contribution in [3.05, 3.63) is 58.6 Å². The van der Waals surface area contributed by atoms with Crippen molar-refractivity contribution < 1.29 is 14.4 Å². The summed E-state index contributed by atoms with van der Waals surface area (Å²) >= 11 is 6.13. The van der Waals surface area contributed by atoms with Gasteiger partial charge in [-0.2, -0.15) is 0 Å². The van der Waals surface area contributed by atoms with Gasteiger partial charge >= 0.3 is 0 Å². The molecule has 1 aliphatic heterocycles. The van der Waals surface area contributed by atoms with E-state index in [-0.39, 0.29) is 23.6 Å². The maximum Gasteiger partial charge on any atom is 0.256 e. The Kier molecular flexibility index (Phi) is 7.10. The van der Waals surface area contributed by atoms with Crippen LogP contribution in [0.25, 0.3) is 0 Å². The highest BCUT2D eigenvalue weighted by Crippen LogP contribution is 2.26. The third-order valence-electron chi connectivity index (χ3n) is 6.22. The maximum atomic E-state index is 13.0. The number of likely N-dealkylation sites (tertiary alicyclic amines) is 1. The van der Waals surface area contributed by atoms with E-state index in [2.05, 4.69) is 10.6 Å². The van der Waals surface area contributed by atoms with E-state index in [1.807, 2.05) is 0 Å². The van der Waals surface area contributed by atoms with Crippen LogP contribution in [-0.2, 0) is 4.79 Å². The van der Waals surface area contributed by atoms with Crippen molar-refractivity contribution >= 4 is 40.7 Å². The van der Waals surface area contributed by atoms with Gasteiger partial charge in [-0.25, -0.2) is 0 Å². The molecule has 0 spiro atoms. The molecule has 1 saturated carbocycles. The Morgan fingerprint density at radius 1 is 0.875 bits per heavy atom. The first-order valence-corrected chi connectivity index (χ1v) is 11.7. The average Bonchev–Trinajstić information content (AvgIpc) is 3.35. The Balaban J connectivity index is 1.48. The Morgan fingerprint density at radius 3 is 2.38 bits per heavy atom. The number of halogens is 1. The van der Waals surface area contributed by atoms with Crippen LogP contribution in [0.5, 0.6) is 0 Å². The van der Waals surface area contributed by atoms with E-state index < -0.39 is 0 Å². The summed E-state index contributed by atoms with van der Waals surface area (Å²) in [4.78, 5) is 40.2. The minimum Gasteiger partial charge on any atom is -0.339 e. The Hall–Kier alpha value is -2.86. The summed E-state index contributed by atoms with van der Waals surface area (Å²) in [6.07, 6.45) is 7.14. The molecular weight excluding hydrogens is 426 g/mol. The smallest absolute Gasteiger partial charge is 0.256 e. The number of hydrogen-bond acceptors (Lipinski definition) is 3. The van der Waals surface area contributed by atoms with Crippen LogP contribution in [0.15, 0.2) is 42.5 Å². The van der Waals surface area contributed by atoms with Crippen molar-refractivity contribution in [2.45, 2.75) is 44.9 Å². The monoisotopic (exact) mass is 453 g/mol. The van der Waals surface area contributed by atoms with E-state index in [0.717, 1.165) is 38.5 Å². The van der Waals surface area contributed by atoms with Crippen molar-refractivity contribution in [3.8, 4) is 0 Å². The molecule has 1 saturated heterocycles. The molecule has 0 atom stereocenters. The van der Waals surface area contributed by atoms with Crippen LogP contribution >= 0.6 is 11.6 Å². The molecule has 1 aliphatic carbocycles. The highest BCUT2D eigenvalue weighted by molar-refractivity contribution is 6.31. The van der Waals surface area contributed by atoms with E-state index in [0.29, 0.717) is 40.6 Å². The van der Waals surface area contributed by atoms with E-state index in [1.54, 1.807) is 47.4 Å². The normalized spacial score (nSPS) is 16.6. The number of anilines is 2. The molecule has 2 N–H and O–H groups in total. The molecule has 2 aliphatic rings. The van der Waals surface area contributed by atoms with E-state index >= 15 is 0 Å². The molecule has 0 unspecified atom stereocenters. The second-order valence-corrected chi connectivity index (χ2v) is 8.98. The first-order chi connectivity index (χ1) is 15.5. The second-order valence-electron chi connectivity index (χ2n) is 8.55. The lowest BCUT2D eigenvalue weighted by Crippen LogP contribution is -2.29. The van der Waals surface area contributed by atoms with Crippen LogP contribution in [0.4, 0.5) is 11.4 Å². The number of nitrogens with one attached hydrogen (secondary N) is 2. The summed E-state index contributed by atoms with van der Waals surface area (Å²) < 4.78 is 0. The van der Waals surface area contributed by atoms with Gasteiger partial charge in [0, 0.05) is 35.3 Å². The van der Waals surface area contributed by atoms with Crippen LogP contribution < -0.4 is 10.6 Å². The van der Waals surface area contributed by atoms with Gasteiger partial charge in [-0.15, -0.1) is 0 Å². The van der Waals surface area contributed by atoms with Gasteiger partial charge in [-0.05, 0) is 62.1 Å². The fraction of sp³-hybridized carbons (Fsp3) is 0.400.